The van der Waals surface area contributed by atoms with Gasteiger partial charge in [-0.2, -0.15) is 0 Å². The van der Waals surface area contributed by atoms with E-state index in [1.807, 2.05) is 24.4 Å². The van der Waals surface area contributed by atoms with Crippen LogP contribution in [0.15, 0.2) is 21.7 Å². The Morgan fingerprint density at radius 1 is 1.56 bits per heavy atom. The Kier molecular flexibility index (Phi) is 6.82. The third kappa shape index (κ3) is 5.55. The number of thiophene rings is 1. The van der Waals surface area contributed by atoms with Gasteiger partial charge >= 0.3 is 5.97 Å². The van der Waals surface area contributed by atoms with Crippen LogP contribution in [0.25, 0.3) is 0 Å². The molecule has 1 heterocycles. The maximum atomic E-state index is 11.5. The van der Waals surface area contributed by atoms with Crippen LogP contribution in [0.2, 0.25) is 0 Å². The van der Waals surface area contributed by atoms with Gasteiger partial charge in [0.1, 0.15) is 0 Å². The number of aliphatic carboxylic acids is 1. The average Bonchev–Trinajstić information content (AvgIpc) is 2.84. The van der Waals surface area contributed by atoms with Crippen LogP contribution in [0.4, 0.5) is 0 Å². The first-order valence-electron chi connectivity index (χ1n) is 5.79. The molecule has 0 aliphatic carbocycles. The highest BCUT2D eigenvalue weighted by Gasteiger charge is 2.17. The van der Waals surface area contributed by atoms with Crippen molar-refractivity contribution in [2.45, 2.75) is 24.0 Å². The summed E-state index contributed by atoms with van der Waals surface area (Å²) < 4.78 is 1.09. The molecule has 0 aliphatic heterocycles. The van der Waals surface area contributed by atoms with Gasteiger partial charge in [0, 0.05) is 6.54 Å². The van der Waals surface area contributed by atoms with Crippen molar-refractivity contribution in [1.29, 1.82) is 0 Å². The molecule has 18 heavy (non-hydrogen) atoms. The second kappa shape index (κ2) is 8.16. The van der Waals surface area contributed by atoms with Gasteiger partial charge in [0.25, 0.3) is 0 Å². The van der Waals surface area contributed by atoms with Crippen LogP contribution >= 0.6 is 23.1 Å². The first kappa shape index (κ1) is 15.0. The molecule has 1 aromatic rings. The highest BCUT2D eigenvalue weighted by molar-refractivity contribution is 8.01. The average molecular weight is 287 g/mol. The molecule has 0 aliphatic rings. The highest BCUT2D eigenvalue weighted by atomic mass is 32.2. The minimum absolute atomic E-state index is 0.115. The number of amides is 1. The van der Waals surface area contributed by atoms with Crippen molar-refractivity contribution >= 4 is 35.0 Å². The highest BCUT2D eigenvalue weighted by Crippen LogP contribution is 2.22. The summed E-state index contributed by atoms with van der Waals surface area (Å²) >= 11 is 3.06. The zero-order chi connectivity index (χ0) is 13.4. The largest absolute Gasteiger partial charge is 0.481 e. The number of hydrogen-bond donors (Lipinski definition) is 2. The van der Waals surface area contributed by atoms with E-state index in [-0.39, 0.29) is 12.5 Å². The Morgan fingerprint density at radius 3 is 2.89 bits per heavy atom. The molecule has 2 N–H and O–H groups in total. The zero-order valence-corrected chi connectivity index (χ0v) is 11.9. The molecule has 0 spiro atoms. The smallest absolute Gasteiger partial charge is 0.308 e. The van der Waals surface area contributed by atoms with Crippen molar-refractivity contribution in [3.63, 3.8) is 0 Å². The third-order valence-electron chi connectivity index (χ3n) is 2.37. The van der Waals surface area contributed by atoms with Crippen molar-refractivity contribution < 1.29 is 14.7 Å². The molecule has 4 nitrogen and oxygen atoms in total. The minimum Gasteiger partial charge on any atom is -0.481 e. The van der Waals surface area contributed by atoms with E-state index in [2.05, 4.69) is 5.32 Å². The first-order chi connectivity index (χ1) is 8.63. The third-order valence-corrected chi connectivity index (χ3v) is 4.50. The molecule has 0 aromatic carbocycles. The van der Waals surface area contributed by atoms with E-state index >= 15 is 0 Å². The second-order valence-corrected chi connectivity index (χ2v) is 6.07. The van der Waals surface area contributed by atoms with E-state index in [4.69, 9.17) is 5.11 Å². The zero-order valence-electron chi connectivity index (χ0n) is 10.2. The molecular formula is C12H17NO3S2. The summed E-state index contributed by atoms with van der Waals surface area (Å²) in [6, 6.07) is 3.90. The summed E-state index contributed by atoms with van der Waals surface area (Å²) in [5.74, 6) is -1.11. The normalized spacial score (nSPS) is 12.1. The van der Waals surface area contributed by atoms with Crippen LogP contribution in [0, 0.1) is 5.92 Å². The van der Waals surface area contributed by atoms with Gasteiger partial charge in [-0.3, -0.25) is 9.59 Å². The molecule has 1 rings (SSSR count). The fraction of sp³-hybridized carbons (Fsp3) is 0.500. The number of carboxylic acid groups (broad SMARTS) is 1. The summed E-state index contributed by atoms with van der Waals surface area (Å²) in [6.07, 6.45) is 1.39. The molecule has 0 saturated carbocycles. The fourth-order valence-electron chi connectivity index (χ4n) is 1.43. The Labute approximate surface area is 115 Å². The van der Waals surface area contributed by atoms with E-state index < -0.39 is 11.9 Å². The topological polar surface area (TPSA) is 66.4 Å². The molecular weight excluding hydrogens is 270 g/mol. The molecule has 0 bridgehead atoms. The van der Waals surface area contributed by atoms with Gasteiger partial charge in [0.2, 0.25) is 5.91 Å². The number of carbonyl (C=O) groups excluding carboxylic acids is 1. The number of thioether (sulfide) groups is 1. The molecule has 100 valence electrons. The van der Waals surface area contributed by atoms with Gasteiger partial charge in [0.15, 0.2) is 0 Å². The minimum atomic E-state index is -0.844. The van der Waals surface area contributed by atoms with Crippen LogP contribution in [-0.2, 0) is 9.59 Å². The standard InChI is InChI=1S/C12H17NO3S2/c1-2-4-9(12(15)16)7-13-10(14)8-18-11-5-3-6-17-11/h3,5-6,9H,2,4,7-8H2,1H3,(H,13,14)(H,15,16). The van der Waals surface area contributed by atoms with Crippen LogP contribution < -0.4 is 5.32 Å². The van der Waals surface area contributed by atoms with Gasteiger partial charge in [-0.15, -0.1) is 23.1 Å². The monoisotopic (exact) mass is 287 g/mol. The van der Waals surface area contributed by atoms with Gasteiger partial charge in [-0.05, 0) is 17.9 Å². The number of carboxylic acids is 1. The van der Waals surface area contributed by atoms with Crippen LogP contribution in [-0.4, -0.2) is 29.3 Å². The molecule has 0 radical (unpaired) electrons. The van der Waals surface area contributed by atoms with Crippen LogP contribution in [0.5, 0.6) is 0 Å². The van der Waals surface area contributed by atoms with E-state index in [1.165, 1.54) is 11.8 Å². The number of rotatable bonds is 8. The summed E-state index contributed by atoms with van der Waals surface area (Å²) in [7, 11) is 0. The van der Waals surface area contributed by atoms with Crippen molar-refractivity contribution in [1.82, 2.24) is 5.32 Å². The van der Waals surface area contributed by atoms with Crippen molar-refractivity contribution in [2.24, 2.45) is 5.92 Å². The van der Waals surface area contributed by atoms with E-state index in [9.17, 15) is 9.59 Å². The molecule has 1 aromatic heterocycles. The molecule has 6 heteroatoms. The van der Waals surface area contributed by atoms with Crippen molar-refractivity contribution in [3.05, 3.63) is 17.5 Å². The molecule has 1 amide bonds. The lowest BCUT2D eigenvalue weighted by molar-refractivity contribution is -0.141. The summed E-state index contributed by atoms with van der Waals surface area (Å²) in [5.41, 5.74) is 0. The van der Waals surface area contributed by atoms with Crippen molar-refractivity contribution in [3.8, 4) is 0 Å². The Morgan fingerprint density at radius 2 is 2.33 bits per heavy atom. The lowest BCUT2D eigenvalue weighted by atomic mass is 10.0. The van der Waals surface area contributed by atoms with Gasteiger partial charge in [0.05, 0.1) is 15.9 Å². The molecule has 1 unspecified atom stereocenters. The van der Waals surface area contributed by atoms with Crippen LogP contribution in [0.1, 0.15) is 19.8 Å². The van der Waals surface area contributed by atoms with Gasteiger partial charge < -0.3 is 10.4 Å². The maximum Gasteiger partial charge on any atom is 0.308 e. The van der Waals surface area contributed by atoms with Gasteiger partial charge in [-0.25, -0.2) is 0 Å². The summed E-state index contributed by atoms with van der Waals surface area (Å²) in [4.78, 5) is 22.4. The SMILES string of the molecule is CCCC(CNC(=O)CSc1cccs1)C(=O)O. The molecule has 0 saturated heterocycles. The quantitative estimate of drug-likeness (QED) is 0.721. The number of nitrogens with one attached hydrogen (secondary N) is 1. The molecule has 0 fully saturated rings. The molecule has 1 atom stereocenters. The summed E-state index contributed by atoms with van der Waals surface area (Å²) in [6.45, 7) is 2.15. The number of hydrogen-bond acceptors (Lipinski definition) is 4. The Balaban J connectivity index is 2.25. The first-order valence-corrected chi connectivity index (χ1v) is 7.65. The Hall–Kier alpha value is -1.01. The lowest BCUT2D eigenvalue weighted by Crippen LogP contribution is -2.33. The Bertz CT molecular complexity index is 379. The number of carbonyl (C=O) groups is 2. The fourth-order valence-corrected chi connectivity index (χ4v) is 3.05. The maximum absolute atomic E-state index is 11.5. The van der Waals surface area contributed by atoms with Crippen molar-refractivity contribution in [2.75, 3.05) is 12.3 Å². The van der Waals surface area contributed by atoms with E-state index in [0.717, 1.165) is 10.6 Å². The van der Waals surface area contributed by atoms with Gasteiger partial charge in [-0.1, -0.05) is 19.4 Å². The summed E-state index contributed by atoms with van der Waals surface area (Å²) in [5, 5.41) is 13.6. The predicted molar refractivity (Wildman–Crippen MR) is 74.1 cm³/mol. The predicted octanol–water partition coefficient (Wildman–Crippen LogP) is 2.46. The van der Waals surface area contributed by atoms with E-state index in [0.29, 0.717) is 12.2 Å². The lowest BCUT2D eigenvalue weighted by Gasteiger charge is -2.11. The van der Waals surface area contributed by atoms with E-state index in [1.54, 1.807) is 11.3 Å². The van der Waals surface area contributed by atoms with Crippen LogP contribution in [0.3, 0.4) is 0 Å². The second-order valence-electron chi connectivity index (χ2n) is 3.85.